The van der Waals surface area contributed by atoms with Crippen LogP contribution in [0.2, 0.25) is 15.1 Å². The molecule has 0 fully saturated rings. The first-order chi connectivity index (χ1) is 16.2. The number of amides is 1. The molecule has 0 heterocycles. The highest BCUT2D eigenvalue weighted by Crippen LogP contribution is 2.35. The van der Waals surface area contributed by atoms with Gasteiger partial charge in [-0.15, -0.1) is 0 Å². The van der Waals surface area contributed by atoms with Gasteiger partial charge in [-0.3, -0.25) is 14.9 Å². The fourth-order valence-electron chi connectivity index (χ4n) is 2.69. The highest BCUT2D eigenvalue weighted by atomic mass is 35.5. The van der Waals surface area contributed by atoms with Crippen molar-refractivity contribution in [3.63, 3.8) is 0 Å². The Labute approximate surface area is 208 Å². The Morgan fingerprint density at radius 1 is 1.03 bits per heavy atom. The smallest absolute Gasteiger partial charge is 0.343 e. The van der Waals surface area contributed by atoms with E-state index in [-0.39, 0.29) is 38.3 Å². The van der Waals surface area contributed by atoms with Gasteiger partial charge in [0.05, 0.1) is 26.2 Å². The summed E-state index contributed by atoms with van der Waals surface area (Å²) in [6.07, 6.45) is 1.30. The fourth-order valence-corrected chi connectivity index (χ4v) is 3.45. The monoisotopic (exact) mass is 515 g/mol. The molecule has 8 nitrogen and oxygen atoms in total. The van der Waals surface area contributed by atoms with Crippen LogP contribution in [0.25, 0.3) is 6.08 Å². The van der Waals surface area contributed by atoms with E-state index in [4.69, 9.17) is 39.5 Å². The van der Waals surface area contributed by atoms with Gasteiger partial charge in [-0.25, -0.2) is 4.79 Å². The maximum Gasteiger partial charge on any atom is 0.343 e. The molecule has 170 valence electrons. The third-order valence-corrected chi connectivity index (χ3v) is 5.13. The number of nitro groups is 1. The summed E-state index contributed by atoms with van der Waals surface area (Å²) in [7, 11) is 0. The molecule has 1 amide bonds. The Morgan fingerprint density at radius 3 is 2.24 bits per heavy atom. The zero-order valence-electron chi connectivity index (χ0n) is 16.9. The minimum Gasteiger partial charge on any atom is -0.423 e. The van der Waals surface area contributed by atoms with Gasteiger partial charge in [0.1, 0.15) is 17.4 Å². The molecule has 0 radical (unpaired) electrons. The lowest BCUT2D eigenvalue weighted by atomic mass is 10.1. The van der Waals surface area contributed by atoms with Crippen LogP contribution in [0.5, 0.6) is 5.75 Å². The fraction of sp³-hybridized carbons (Fsp3) is 0. The van der Waals surface area contributed by atoms with Gasteiger partial charge in [0.25, 0.3) is 11.6 Å². The van der Waals surface area contributed by atoms with Crippen molar-refractivity contribution >= 4 is 64.1 Å². The SMILES string of the molecule is N#C/C(=C\c1ccc(OC(=O)c2cccc(Cl)c2)cc1)C(=O)Nc1c(Cl)cc([N+](=O)[O-])cc1Cl. The van der Waals surface area contributed by atoms with E-state index < -0.39 is 16.8 Å². The molecule has 0 spiro atoms. The molecular formula is C23H12Cl3N3O5. The van der Waals surface area contributed by atoms with Crippen molar-refractivity contribution in [3.05, 3.63) is 103 Å². The number of non-ortho nitro benzene ring substituents is 1. The van der Waals surface area contributed by atoms with Gasteiger partial charge in [0.15, 0.2) is 0 Å². The second-order valence-electron chi connectivity index (χ2n) is 6.63. The average molecular weight is 517 g/mol. The van der Waals surface area contributed by atoms with Crippen LogP contribution in [0.3, 0.4) is 0 Å². The summed E-state index contributed by atoms with van der Waals surface area (Å²) in [5.41, 5.74) is 0.0522. The highest BCUT2D eigenvalue weighted by molar-refractivity contribution is 6.40. The van der Waals surface area contributed by atoms with Gasteiger partial charge in [0, 0.05) is 17.2 Å². The minimum absolute atomic E-state index is 0.0663. The standard InChI is InChI=1S/C23H12Cl3N3O5/c24-16-3-1-2-14(9-16)23(31)34-18-6-4-13(5-7-18)8-15(12-27)22(30)28-21-19(25)10-17(29(32)33)11-20(21)26/h1-11H,(H,28,30)/b15-8+. The van der Waals surface area contributed by atoms with E-state index in [1.54, 1.807) is 24.3 Å². The summed E-state index contributed by atoms with van der Waals surface area (Å²) in [5.74, 6) is -1.18. The van der Waals surface area contributed by atoms with E-state index in [0.29, 0.717) is 10.6 Å². The van der Waals surface area contributed by atoms with Crippen molar-refractivity contribution < 1.29 is 19.2 Å². The molecule has 0 aliphatic heterocycles. The van der Waals surface area contributed by atoms with Crippen molar-refractivity contribution in [2.24, 2.45) is 0 Å². The van der Waals surface area contributed by atoms with Crippen LogP contribution in [0.4, 0.5) is 11.4 Å². The second kappa shape index (κ2) is 10.8. The molecule has 0 atom stereocenters. The summed E-state index contributed by atoms with van der Waals surface area (Å²) in [5, 5.41) is 22.7. The van der Waals surface area contributed by atoms with E-state index in [0.717, 1.165) is 12.1 Å². The normalized spacial score (nSPS) is 10.8. The van der Waals surface area contributed by atoms with Gasteiger partial charge in [0.2, 0.25) is 0 Å². The number of halogens is 3. The van der Waals surface area contributed by atoms with Crippen LogP contribution < -0.4 is 10.1 Å². The third kappa shape index (κ3) is 6.11. The number of nitriles is 1. The van der Waals surface area contributed by atoms with Crippen molar-refractivity contribution in [2.45, 2.75) is 0 Å². The largest absolute Gasteiger partial charge is 0.423 e. The number of anilines is 1. The Balaban J connectivity index is 1.74. The number of nitrogens with zero attached hydrogens (tertiary/aromatic N) is 2. The molecule has 0 aromatic heterocycles. The number of carbonyl (C=O) groups excluding carboxylic acids is 2. The number of esters is 1. The van der Waals surface area contributed by atoms with Gasteiger partial charge in [-0.05, 0) is 42.0 Å². The summed E-state index contributed by atoms with van der Waals surface area (Å²) >= 11 is 17.8. The van der Waals surface area contributed by atoms with Crippen LogP contribution in [-0.2, 0) is 4.79 Å². The number of hydrogen-bond acceptors (Lipinski definition) is 6. The molecule has 3 aromatic carbocycles. The lowest BCUT2D eigenvalue weighted by molar-refractivity contribution is -0.384. The van der Waals surface area contributed by atoms with Gasteiger partial charge in [-0.1, -0.05) is 53.0 Å². The average Bonchev–Trinajstić information content (AvgIpc) is 2.80. The number of rotatable bonds is 6. The lowest BCUT2D eigenvalue weighted by Gasteiger charge is -2.09. The van der Waals surface area contributed by atoms with Crippen molar-refractivity contribution in [3.8, 4) is 11.8 Å². The number of nitrogens with one attached hydrogen (secondary N) is 1. The number of benzene rings is 3. The molecule has 3 aromatic rings. The molecule has 0 saturated heterocycles. The number of carbonyl (C=O) groups is 2. The molecule has 0 unspecified atom stereocenters. The Hall–Kier alpha value is -3.90. The summed E-state index contributed by atoms with van der Waals surface area (Å²) < 4.78 is 5.28. The van der Waals surface area contributed by atoms with Crippen LogP contribution in [0, 0.1) is 21.4 Å². The molecule has 0 bridgehead atoms. The van der Waals surface area contributed by atoms with Crippen molar-refractivity contribution in [1.82, 2.24) is 0 Å². The minimum atomic E-state index is -0.823. The van der Waals surface area contributed by atoms with Crippen LogP contribution in [-0.4, -0.2) is 16.8 Å². The zero-order chi connectivity index (χ0) is 24.8. The van der Waals surface area contributed by atoms with E-state index >= 15 is 0 Å². The highest BCUT2D eigenvalue weighted by Gasteiger charge is 2.18. The van der Waals surface area contributed by atoms with Crippen LogP contribution >= 0.6 is 34.8 Å². The lowest BCUT2D eigenvalue weighted by Crippen LogP contribution is -2.14. The summed E-state index contributed by atoms with van der Waals surface area (Å²) in [6, 6.07) is 16.2. The summed E-state index contributed by atoms with van der Waals surface area (Å²) in [6.45, 7) is 0. The number of hydrogen-bond donors (Lipinski definition) is 1. The Bertz CT molecular complexity index is 1340. The van der Waals surface area contributed by atoms with Gasteiger partial charge in [-0.2, -0.15) is 5.26 Å². The maximum absolute atomic E-state index is 12.5. The third-order valence-electron chi connectivity index (χ3n) is 4.30. The molecule has 11 heteroatoms. The van der Waals surface area contributed by atoms with Crippen LogP contribution in [0.1, 0.15) is 15.9 Å². The Kier molecular flexibility index (Phi) is 7.87. The van der Waals surface area contributed by atoms with E-state index in [2.05, 4.69) is 5.32 Å². The zero-order valence-corrected chi connectivity index (χ0v) is 19.2. The number of ether oxygens (including phenoxy) is 1. The first kappa shape index (κ1) is 24.7. The first-order valence-corrected chi connectivity index (χ1v) is 10.5. The van der Waals surface area contributed by atoms with Crippen molar-refractivity contribution in [2.75, 3.05) is 5.32 Å². The molecule has 1 N–H and O–H groups in total. The topological polar surface area (TPSA) is 122 Å². The molecular weight excluding hydrogens is 505 g/mol. The molecule has 3 rings (SSSR count). The van der Waals surface area contributed by atoms with E-state index in [1.807, 2.05) is 0 Å². The summed E-state index contributed by atoms with van der Waals surface area (Å²) in [4.78, 5) is 34.9. The van der Waals surface area contributed by atoms with Gasteiger partial charge >= 0.3 is 5.97 Å². The van der Waals surface area contributed by atoms with Gasteiger partial charge < -0.3 is 10.1 Å². The Morgan fingerprint density at radius 2 is 1.68 bits per heavy atom. The molecule has 0 saturated carbocycles. The van der Waals surface area contributed by atoms with E-state index in [9.17, 15) is 25.0 Å². The first-order valence-electron chi connectivity index (χ1n) is 9.32. The number of nitro benzene ring substituents is 1. The van der Waals surface area contributed by atoms with Crippen LogP contribution in [0.15, 0.2) is 66.2 Å². The molecule has 0 aliphatic rings. The van der Waals surface area contributed by atoms with Crippen molar-refractivity contribution in [1.29, 1.82) is 5.26 Å². The van der Waals surface area contributed by atoms with E-state index in [1.165, 1.54) is 36.4 Å². The second-order valence-corrected chi connectivity index (χ2v) is 7.89. The quantitative estimate of drug-likeness (QED) is 0.102. The predicted octanol–water partition coefficient (Wildman–Crippen LogP) is 6.32. The molecule has 0 aliphatic carbocycles. The predicted molar refractivity (Wildman–Crippen MR) is 128 cm³/mol. The molecule has 34 heavy (non-hydrogen) atoms. The maximum atomic E-state index is 12.5.